The zero-order valence-corrected chi connectivity index (χ0v) is 14.2. The summed E-state index contributed by atoms with van der Waals surface area (Å²) >= 11 is 0. The highest BCUT2D eigenvalue weighted by Crippen LogP contribution is 1.98. The van der Waals surface area contributed by atoms with Crippen molar-refractivity contribution in [3.63, 3.8) is 0 Å². The van der Waals surface area contributed by atoms with E-state index in [1.165, 1.54) is 0 Å². The number of carbonyl (C=O) groups is 1. The topological polar surface area (TPSA) is 92.6 Å². The van der Waals surface area contributed by atoms with Gasteiger partial charge in [-0.3, -0.25) is 4.79 Å². The second kappa shape index (κ2) is 10.5. The zero-order chi connectivity index (χ0) is 14.1. The van der Waals surface area contributed by atoms with Crippen LogP contribution in [-0.2, 0) is 11.3 Å². The maximum absolute atomic E-state index is 11.5. The quantitative estimate of drug-likeness (QED) is 0.371. The lowest BCUT2D eigenvalue weighted by Gasteiger charge is -2.07. The van der Waals surface area contributed by atoms with Gasteiger partial charge in [0.2, 0.25) is 5.91 Å². The summed E-state index contributed by atoms with van der Waals surface area (Å²) in [5.41, 5.74) is 5.64. The van der Waals surface area contributed by atoms with Crippen molar-refractivity contribution >= 4 is 35.8 Å². The van der Waals surface area contributed by atoms with E-state index < -0.39 is 0 Å². The van der Waals surface area contributed by atoms with Gasteiger partial charge < -0.3 is 20.8 Å². The van der Waals surface area contributed by atoms with E-state index in [9.17, 15) is 4.79 Å². The smallest absolute Gasteiger partial charge is 0.242 e. The van der Waals surface area contributed by atoms with Crippen molar-refractivity contribution in [3.8, 4) is 0 Å². The second-order valence-corrected chi connectivity index (χ2v) is 4.67. The highest BCUT2D eigenvalue weighted by Gasteiger charge is 2.02. The third-order valence-corrected chi connectivity index (χ3v) is 2.46. The van der Waals surface area contributed by atoms with Crippen molar-refractivity contribution in [2.45, 2.75) is 26.8 Å². The largest absolute Gasteiger partial charge is 0.467 e. The molecule has 0 aliphatic carbocycles. The number of aliphatic imine (C=N–C) groups is 1. The van der Waals surface area contributed by atoms with Crippen LogP contribution in [0.3, 0.4) is 0 Å². The fourth-order valence-corrected chi connectivity index (χ4v) is 1.36. The van der Waals surface area contributed by atoms with Gasteiger partial charge in [-0.25, -0.2) is 4.99 Å². The number of carbonyl (C=O) groups excluding carboxylic acids is 1. The number of nitrogens with one attached hydrogen (secondary N) is 2. The minimum Gasteiger partial charge on any atom is -0.467 e. The highest BCUT2D eigenvalue weighted by molar-refractivity contribution is 14.0. The van der Waals surface area contributed by atoms with Crippen LogP contribution in [0.15, 0.2) is 27.8 Å². The Hall–Kier alpha value is -1.25. The Bertz CT molecular complexity index is 405. The van der Waals surface area contributed by atoms with E-state index in [2.05, 4.69) is 29.5 Å². The van der Waals surface area contributed by atoms with Gasteiger partial charge in [0.15, 0.2) is 5.96 Å². The summed E-state index contributed by atoms with van der Waals surface area (Å²) in [6, 6.07) is 3.57. The van der Waals surface area contributed by atoms with Crippen molar-refractivity contribution in [2.24, 2.45) is 16.6 Å². The summed E-state index contributed by atoms with van der Waals surface area (Å²) in [5, 5.41) is 5.66. The Morgan fingerprint density at radius 3 is 2.80 bits per heavy atom. The lowest BCUT2D eigenvalue weighted by molar-refractivity contribution is -0.119. The Labute approximate surface area is 136 Å². The molecule has 0 bridgehead atoms. The molecule has 1 aromatic heterocycles. The third-order valence-electron chi connectivity index (χ3n) is 2.46. The number of guanidine groups is 1. The molecule has 0 aromatic carbocycles. The molecule has 0 unspecified atom stereocenters. The van der Waals surface area contributed by atoms with Crippen LogP contribution in [0.2, 0.25) is 0 Å². The van der Waals surface area contributed by atoms with Crippen LogP contribution in [0.5, 0.6) is 0 Å². The highest BCUT2D eigenvalue weighted by atomic mass is 127. The fourth-order valence-electron chi connectivity index (χ4n) is 1.36. The molecule has 7 heteroatoms. The van der Waals surface area contributed by atoms with Crippen LogP contribution in [0.4, 0.5) is 0 Å². The zero-order valence-electron chi connectivity index (χ0n) is 11.9. The number of halogens is 1. The standard InChI is InChI=1S/C13H22N4O2.HI/c1-10(2)5-6-15-13(14)17-9-12(18)16-8-11-4-3-7-19-11;/h3-4,7,10H,5-6,8-9H2,1-2H3,(H,16,18)(H3,14,15,17);1H. The van der Waals surface area contributed by atoms with Crippen LogP contribution >= 0.6 is 24.0 Å². The Morgan fingerprint density at radius 2 is 2.20 bits per heavy atom. The second-order valence-electron chi connectivity index (χ2n) is 4.67. The van der Waals surface area contributed by atoms with E-state index in [1.54, 1.807) is 18.4 Å². The number of hydrogen-bond donors (Lipinski definition) is 3. The number of nitrogens with two attached hydrogens (primary N) is 1. The van der Waals surface area contributed by atoms with Gasteiger partial charge in [0, 0.05) is 6.54 Å². The molecular formula is C13H23IN4O2. The van der Waals surface area contributed by atoms with Crippen LogP contribution in [-0.4, -0.2) is 25.0 Å². The summed E-state index contributed by atoms with van der Waals surface area (Å²) < 4.78 is 5.10. The molecule has 1 amide bonds. The number of nitrogens with zero attached hydrogens (tertiary/aromatic N) is 1. The monoisotopic (exact) mass is 394 g/mol. The minimum absolute atomic E-state index is 0. The van der Waals surface area contributed by atoms with Crippen molar-refractivity contribution in [2.75, 3.05) is 13.1 Å². The predicted octanol–water partition coefficient (Wildman–Crippen LogP) is 1.46. The molecule has 6 nitrogen and oxygen atoms in total. The molecule has 0 radical (unpaired) electrons. The van der Waals surface area contributed by atoms with Gasteiger partial charge >= 0.3 is 0 Å². The molecule has 1 heterocycles. The maximum Gasteiger partial charge on any atom is 0.242 e. The van der Waals surface area contributed by atoms with E-state index in [4.69, 9.17) is 10.2 Å². The third kappa shape index (κ3) is 8.78. The number of amides is 1. The van der Waals surface area contributed by atoms with Gasteiger partial charge in [-0.1, -0.05) is 13.8 Å². The van der Waals surface area contributed by atoms with E-state index in [0.29, 0.717) is 24.2 Å². The predicted molar refractivity (Wildman–Crippen MR) is 89.9 cm³/mol. The van der Waals surface area contributed by atoms with E-state index >= 15 is 0 Å². The SMILES string of the molecule is CC(C)CCNC(N)=NCC(=O)NCc1ccco1.I. The van der Waals surface area contributed by atoms with Gasteiger partial charge in [-0.2, -0.15) is 0 Å². The lowest BCUT2D eigenvalue weighted by Crippen LogP contribution is -2.34. The molecule has 20 heavy (non-hydrogen) atoms. The molecule has 0 aliphatic heterocycles. The first-order valence-electron chi connectivity index (χ1n) is 6.40. The number of hydrogen-bond acceptors (Lipinski definition) is 3. The molecule has 0 atom stereocenters. The van der Waals surface area contributed by atoms with Gasteiger partial charge in [-0.15, -0.1) is 24.0 Å². The average Bonchev–Trinajstić information content (AvgIpc) is 2.86. The summed E-state index contributed by atoms with van der Waals surface area (Å²) in [6.07, 6.45) is 2.58. The molecule has 0 spiro atoms. The van der Waals surface area contributed by atoms with Gasteiger partial charge in [0.1, 0.15) is 12.3 Å². The number of furan rings is 1. The van der Waals surface area contributed by atoms with Crippen LogP contribution < -0.4 is 16.4 Å². The normalized spacial score (nSPS) is 11.1. The Morgan fingerprint density at radius 1 is 1.45 bits per heavy atom. The molecule has 0 saturated carbocycles. The van der Waals surface area contributed by atoms with E-state index in [1.807, 2.05) is 0 Å². The van der Waals surface area contributed by atoms with Crippen molar-refractivity contribution in [3.05, 3.63) is 24.2 Å². The van der Waals surface area contributed by atoms with Gasteiger partial charge in [-0.05, 0) is 24.5 Å². The Kier molecular flexibility index (Phi) is 9.87. The minimum atomic E-state index is -0.190. The number of rotatable bonds is 7. The molecule has 1 rings (SSSR count). The van der Waals surface area contributed by atoms with E-state index in [-0.39, 0.29) is 36.4 Å². The van der Waals surface area contributed by atoms with Crippen LogP contribution in [0, 0.1) is 5.92 Å². The van der Waals surface area contributed by atoms with Crippen molar-refractivity contribution in [1.82, 2.24) is 10.6 Å². The maximum atomic E-state index is 11.5. The first-order valence-corrected chi connectivity index (χ1v) is 6.40. The lowest BCUT2D eigenvalue weighted by atomic mass is 10.1. The summed E-state index contributed by atoms with van der Waals surface area (Å²) in [4.78, 5) is 15.4. The van der Waals surface area contributed by atoms with Crippen molar-refractivity contribution in [1.29, 1.82) is 0 Å². The van der Waals surface area contributed by atoms with Crippen LogP contribution in [0.1, 0.15) is 26.0 Å². The molecule has 0 saturated heterocycles. The summed E-state index contributed by atoms with van der Waals surface area (Å²) in [6.45, 7) is 5.42. The van der Waals surface area contributed by atoms with E-state index in [0.717, 1.165) is 13.0 Å². The molecule has 114 valence electrons. The molecule has 1 aromatic rings. The summed E-state index contributed by atoms with van der Waals surface area (Å²) in [5.74, 6) is 1.43. The first kappa shape index (κ1) is 18.8. The Balaban J connectivity index is 0.00000361. The van der Waals surface area contributed by atoms with Gasteiger partial charge in [0.25, 0.3) is 0 Å². The molecular weight excluding hydrogens is 371 g/mol. The summed E-state index contributed by atoms with van der Waals surface area (Å²) in [7, 11) is 0. The first-order chi connectivity index (χ1) is 9.08. The van der Waals surface area contributed by atoms with Gasteiger partial charge in [0.05, 0.1) is 12.8 Å². The van der Waals surface area contributed by atoms with Crippen LogP contribution in [0.25, 0.3) is 0 Å². The van der Waals surface area contributed by atoms with Crippen molar-refractivity contribution < 1.29 is 9.21 Å². The molecule has 4 N–H and O–H groups in total. The fraction of sp³-hybridized carbons (Fsp3) is 0.538. The molecule has 0 fully saturated rings. The average molecular weight is 394 g/mol. The molecule has 0 aliphatic rings.